The maximum Gasteiger partial charge on any atom is 0.231 e. The molecule has 3 heterocycles. The van der Waals surface area contributed by atoms with Gasteiger partial charge in [0, 0.05) is 36.6 Å². The van der Waals surface area contributed by atoms with Gasteiger partial charge in [0.25, 0.3) is 0 Å². The summed E-state index contributed by atoms with van der Waals surface area (Å²) in [5, 5.41) is 10.4. The largest absolute Gasteiger partial charge is 0.502 e. The summed E-state index contributed by atoms with van der Waals surface area (Å²) in [5.74, 6) is 3.21. The van der Waals surface area contributed by atoms with Crippen LogP contribution in [0.4, 0.5) is 0 Å². The molecule has 7 heteroatoms. The topological polar surface area (TPSA) is 69.6 Å². The second-order valence-corrected chi connectivity index (χ2v) is 8.11. The van der Waals surface area contributed by atoms with Crippen LogP contribution in [0.3, 0.4) is 0 Å². The van der Waals surface area contributed by atoms with Crippen LogP contribution in [0.1, 0.15) is 36.8 Å². The van der Waals surface area contributed by atoms with E-state index in [-0.39, 0.29) is 30.6 Å². The minimum Gasteiger partial charge on any atom is -0.502 e. The first kappa shape index (κ1) is 19.2. The number of phenolic OH excluding ortho intramolecular Hbond substituents is 1. The second kappa shape index (κ2) is 7.47. The van der Waals surface area contributed by atoms with Gasteiger partial charge in [-0.05, 0) is 36.6 Å². The summed E-state index contributed by atoms with van der Waals surface area (Å²) in [5.41, 5.74) is 2.04. The van der Waals surface area contributed by atoms with Crippen molar-refractivity contribution < 1.29 is 28.8 Å². The molecule has 3 atom stereocenters. The standard InChI is InChI=1S/C23H27NO6/c1-13-21(14-8-19(26-2)22(25)20(9-14)27-3)15-10-17-18(29-12-28-17)11-16(15)30-23(13)24-6-4-5-7-24/h8-11,13,21,23,25H,4-7,12H2,1-3H3/t13-,21+,23+/m1/s1. The van der Waals surface area contributed by atoms with Crippen LogP contribution in [-0.4, -0.2) is 50.3 Å². The number of likely N-dealkylation sites (tertiary alicyclic amines) is 1. The number of nitrogens with zero attached hydrogens (tertiary/aromatic N) is 1. The minimum absolute atomic E-state index is 0.00506. The van der Waals surface area contributed by atoms with E-state index in [4.69, 9.17) is 23.7 Å². The van der Waals surface area contributed by atoms with E-state index in [0.717, 1.165) is 35.7 Å². The molecule has 1 N–H and O–H groups in total. The summed E-state index contributed by atoms with van der Waals surface area (Å²) in [7, 11) is 3.09. The Morgan fingerprint density at radius 1 is 0.933 bits per heavy atom. The zero-order valence-corrected chi connectivity index (χ0v) is 17.5. The molecule has 30 heavy (non-hydrogen) atoms. The third-order valence-corrected chi connectivity index (χ3v) is 6.43. The molecule has 0 unspecified atom stereocenters. The van der Waals surface area contributed by atoms with Gasteiger partial charge in [-0.3, -0.25) is 4.90 Å². The summed E-state index contributed by atoms with van der Waals surface area (Å²) in [6, 6.07) is 7.73. The fraction of sp³-hybridized carbons (Fsp3) is 0.478. The van der Waals surface area contributed by atoms with Gasteiger partial charge in [0.05, 0.1) is 14.2 Å². The Labute approximate surface area is 176 Å². The molecule has 0 saturated carbocycles. The van der Waals surface area contributed by atoms with Gasteiger partial charge in [-0.15, -0.1) is 0 Å². The number of fused-ring (bicyclic) bond motifs is 2. The number of methoxy groups -OCH3 is 2. The summed E-state index contributed by atoms with van der Waals surface area (Å²) >= 11 is 0. The smallest absolute Gasteiger partial charge is 0.231 e. The lowest BCUT2D eigenvalue weighted by Crippen LogP contribution is -2.46. The van der Waals surface area contributed by atoms with Gasteiger partial charge < -0.3 is 28.8 Å². The van der Waals surface area contributed by atoms with Gasteiger partial charge in [-0.2, -0.15) is 0 Å². The minimum atomic E-state index is -0.0452. The SMILES string of the molecule is COc1cc([C@H]2c3cc4c(cc3O[C@H](N3CCCC3)[C@@H]2C)OCO4)cc(OC)c1O. The van der Waals surface area contributed by atoms with Crippen LogP contribution in [0.15, 0.2) is 24.3 Å². The average molecular weight is 413 g/mol. The number of hydrogen-bond donors (Lipinski definition) is 1. The number of phenols is 1. The van der Waals surface area contributed by atoms with Crippen molar-refractivity contribution in [2.45, 2.75) is 31.9 Å². The van der Waals surface area contributed by atoms with E-state index in [0.29, 0.717) is 17.2 Å². The van der Waals surface area contributed by atoms with E-state index in [1.807, 2.05) is 24.3 Å². The van der Waals surface area contributed by atoms with Gasteiger partial charge in [-0.25, -0.2) is 0 Å². The Hall–Kier alpha value is -2.80. The number of aromatic hydroxyl groups is 1. The first-order valence-corrected chi connectivity index (χ1v) is 10.4. The fourth-order valence-electron chi connectivity index (χ4n) is 4.95. The molecule has 1 saturated heterocycles. The number of benzene rings is 2. The number of hydrogen-bond acceptors (Lipinski definition) is 7. The van der Waals surface area contributed by atoms with Crippen molar-refractivity contribution in [1.82, 2.24) is 4.90 Å². The molecule has 1 fully saturated rings. The van der Waals surface area contributed by atoms with Crippen molar-refractivity contribution in [3.8, 4) is 34.5 Å². The molecular formula is C23H27NO6. The van der Waals surface area contributed by atoms with Crippen LogP contribution in [-0.2, 0) is 0 Å². The Bertz CT molecular complexity index is 930. The third kappa shape index (κ3) is 2.99. The molecule has 2 aromatic carbocycles. The first-order chi connectivity index (χ1) is 14.6. The van der Waals surface area contributed by atoms with Gasteiger partial charge in [0.1, 0.15) is 5.75 Å². The molecule has 7 nitrogen and oxygen atoms in total. The molecule has 0 aromatic heterocycles. The van der Waals surface area contributed by atoms with Gasteiger partial charge in [0.15, 0.2) is 29.2 Å². The lowest BCUT2D eigenvalue weighted by molar-refractivity contribution is -0.0178. The van der Waals surface area contributed by atoms with E-state index < -0.39 is 0 Å². The van der Waals surface area contributed by atoms with E-state index in [1.165, 1.54) is 12.8 Å². The van der Waals surface area contributed by atoms with E-state index >= 15 is 0 Å². The first-order valence-electron chi connectivity index (χ1n) is 10.4. The molecule has 0 aliphatic carbocycles. The van der Waals surface area contributed by atoms with Crippen molar-refractivity contribution in [3.63, 3.8) is 0 Å². The Balaban J connectivity index is 1.66. The van der Waals surface area contributed by atoms with Crippen LogP contribution in [0.25, 0.3) is 0 Å². The highest BCUT2D eigenvalue weighted by Gasteiger charge is 2.42. The Morgan fingerprint density at radius 3 is 2.20 bits per heavy atom. The van der Waals surface area contributed by atoms with E-state index in [1.54, 1.807) is 14.2 Å². The fourth-order valence-corrected chi connectivity index (χ4v) is 4.95. The zero-order valence-electron chi connectivity index (χ0n) is 17.5. The highest BCUT2D eigenvalue weighted by atomic mass is 16.7. The molecule has 160 valence electrons. The van der Waals surface area contributed by atoms with Crippen molar-refractivity contribution in [2.24, 2.45) is 5.92 Å². The highest BCUT2D eigenvalue weighted by molar-refractivity contribution is 5.59. The third-order valence-electron chi connectivity index (χ3n) is 6.43. The van der Waals surface area contributed by atoms with E-state index in [9.17, 15) is 5.11 Å². The summed E-state index contributed by atoms with van der Waals surface area (Å²) in [6.45, 7) is 4.50. The average Bonchev–Trinajstić information content (AvgIpc) is 3.44. The maximum absolute atomic E-state index is 10.4. The van der Waals surface area contributed by atoms with Gasteiger partial charge in [0.2, 0.25) is 12.5 Å². The van der Waals surface area contributed by atoms with Crippen molar-refractivity contribution in [3.05, 3.63) is 35.4 Å². The number of ether oxygens (including phenoxy) is 5. The molecule has 3 aliphatic rings. The molecule has 5 rings (SSSR count). The molecule has 0 bridgehead atoms. The molecule has 0 spiro atoms. The predicted molar refractivity (Wildman–Crippen MR) is 110 cm³/mol. The van der Waals surface area contributed by atoms with Gasteiger partial charge in [-0.1, -0.05) is 6.92 Å². The van der Waals surface area contributed by atoms with Crippen LogP contribution in [0, 0.1) is 5.92 Å². The Morgan fingerprint density at radius 2 is 1.57 bits per heavy atom. The maximum atomic E-state index is 10.4. The van der Waals surface area contributed by atoms with E-state index in [2.05, 4.69) is 11.8 Å². The van der Waals surface area contributed by atoms with Gasteiger partial charge >= 0.3 is 0 Å². The number of rotatable bonds is 4. The highest BCUT2D eigenvalue weighted by Crippen LogP contribution is 2.51. The predicted octanol–water partition coefficient (Wildman–Crippen LogP) is 3.72. The second-order valence-electron chi connectivity index (χ2n) is 8.11. The van der Waals surface area contributed by atoms with Crippen LogP contribution >= 0.6 is 0 Å². The molecule has 0 amide bonds. The van der Waals surface area contributed by atoms with Crippen LogP contribution < -0.4 is 23.7 Å². The van der Waals surface area contributed by atoms with Crippen molar-refractivity contribution in [1.29, 1.82) is 0 Å². The molecule has 3 aliphatic heterocycles. The quantitative estimate of drug-likeness (QED) is 0.819. The Kier molecular flexibility index (Phi) is 4.77. The molecule has 0 radical (unpaired) electrons. The summed E-state index contributed by atoms with van der Waals surface area (Å²) in [4.78, 5) is 2.42. The lowest BCUT2D eigenvalue weighted by Gasteiger charge is -2.42. The van der Waals surface area contributed by atoms with Crippen LogP contribution in [0.2, 0.25) is 0 Å². The van der Waals surface area contributed by atoms with Crippen molar-refractivity contribution in [2.75, 3.05) is 34.1 Å². The molecule has 2 aromatic rings. The summed E-state index contributed by atoms with van der Waals surface area (Å²) in [6.07, 6.45) is 2.33. The normalized spacial score (nSPS) is 25.0. The summed E-state index contributed by atoms with van der Waals surface area (Å²) < 4.78 is 28.6. The monoisotopic (exact) mass is 413 g/mol. The van der Waals surface area contributed by atoms with Crippen LogP contribution in [0.5, 0.6) is 34.5 Å². The lowest BCUT2D eigenvalue weighted by atomic mass is 9.78. The zero-order chi connectivity index (χ0) is 20.8. The molecular weight excluding hydrogens is 386 g/mol. The van der Waals surface area contributed by atoms with Crippen molar-refractivity contribution >= 4 is 0 Å².